The number of likely N-dealkylation sites (N-methyl/N-ethyl adjacent to an activating group) is 1. The van der Waals surface area contributed by atoms with Crippen molar-refractivity contribution in [3.8, 4) is 0 Å². The smallest absolute Gasteiger partial charge is 0.243 e. The Bertz CT molecular complexity index is 770. The number of benzene rings is 1. The van der Waals surface area contributed by atoms with Gasteiger partial charge in [0.2, 0.25) is 10.0 Å². The minimum absolute atomic E-state index is 0.102. The molecule has 0 saturated carbocycles. The molecule has 3 rings (SSSR count). The van der Waals surface area contributed by atoms with E-state index in [2.05, 4.69) is 4.98 Å². The Kier molecular flexibility index (Phi) is 3.56. The van der Waals surface area contributed by atoms with Crippen molar-refractivity contribution in [1.29, 1.82) is 0 Å². The summed E-state index contributed by atoms with van der Waals surface area (Å²) in [6, 6.07) is 8.20. The van der Waals surface area contributed by atoms with Crippen molar-refractivity contribution in [3.05, 3.63) is 30.3 Å². The first-order valence-electron chi connectivity index (χ1n) is 6.70. The molecule has 112 valence electrons. The lowest BCUT2D eigenvalue weighted by Crippen LogP contribution is -2.37. The maximum atomic E-state index is 12.7. The molecule has 1 aromatic heterocycles. The van der Waals surface area contributed by atoms with Crippen molar-refractivity contribution in [2.75, 3.05) is 26.0 Å². The highest BCUT2D eigenvalue weighted by atomic mass is 32.2. The van der Waals surface area contributed by atoms with Crippen LogP contribution in [0.1, 0.15) is 6.42 Å². The van der Waals surface area contributed by atoms with E-state index in [1.54, 1.807) is 37.4 Å². The number of rotatable bonds is 3. The maximum Gasteiger partial charge on any atom is 0.243 e. The average molecular weight is 307 g/mol. The van der Waals surface area contributed by atoms with E-state index in [0.717, 1.165) is 11.8 Å². The van der Waals surface area contributed by atoms with Crippen LogP contribution in [0.15, 0.2) is 35.2 Å². The highest BCUT2D eigenvalue weighted by Gasteiger charge is 2.30. The molecule has 2 aromatic rings. The number of aromatic nitrogens is 1. The number of hydrogen-bond acceptors (Lipinski definition) is 5. The Hall–Kier alpha value is -1.70. The first-order valence-corrected chi connectivity index (χ1v) is 8.14. The van der Waals surface area contributed by atoms with Crippen LogP contribution < -0.4 is 5.73 Å². The van der Waals surface area contributed by atoms with E-state index < -0.39 is 10.0 Å². The second kappa shape index (κ2) is 5.25. The third-order valence-corrected chi connectivity index (χ3v) is 5.69. The van der Waals surface area contributed by atoms with Crippen molar-refractivity contribution in [3.63, 3.8) is 0 Å². The molecule has 2 N–H and O–H groups in total. The fraction of sp³-hybridized carbons (Fsp3) is 0.357. The number of pyridine rings is 1. The van der Waals surface area contributed by atoms with Gasteiger partial charge in [0.1, 0.15) is 5.82 Å². The first kappa shape index (κ1) is 14.2. The SMILES string of the molecule is CN(C1CCOC1)S(=O)(=O)c1ccc2nc(N)ccc2c1. The van der Waals surface area contributed by atoms with Gasteiger partial charge in [0.25, 0.3) is 0 Å². The van der Waals surface area contributed by atoms with Gasteiger partial charge in [0.15, 0.2) is 0 Å². The van der Waals surface area contributed by atoms with Gasteiger partial charge in [0, 0.05) is 19.0 Å². The van der Waals surface area contributed by atoms with Crippen LogP contribution in [0.2, 0.25) is 0 Å². The van der Waals surface area contributed by atoms with Gasteiger partial charge >= 0.3 is 0 Å². The molecule has 1 saturated heterocycles. The monoisotopic (exact) mass is 307 g/mol. The number of nitrogens with two attached hydrogens (primary N) is 1. The van der Waals surface area contributed by atoms with Gasteiger partial charge in [0.05, 0.1) is 23.1 Å². The van der Waals surface area contributed by atoms with Crippen molar-refractivity contribution in [2.45, 2.75) is 17.4 Å². The summed E-state index contributed by atoms with van der Waals surface area (Å²) in [5.74, 6) is 0.415. The van der Waals surface area contributed by atoms with Crippen LogP contribution in [-0.2, 0) is 14.8 Å². The molecule has 0 bridgehead atoms. The molecule has 1 aliphatic rings. The van der Waals surface area contributed by atoms with Gasteiger partial charge in [-0.25, -0.2) is 13.4 Å². The molecule has 2 heterocycles. The molecule has 6 nitrogen and oxygen atoms in total. The minimum atomic E-state index is -3.53. The summed E-state index contributed by atoms with van der Waals surface area (Å²) < 4.78 is 32.0. The van der Waals surface area contributed by atoms with Gasteiger partial charge in [-0.15, -0.1) is 0 Å². The summed E-state index contributed by atoms with van der Waals surface area (Å²) in [6.45, 7) is 1.05. The summed E-state index contributed by atoms with van der Waals surface area (Å²) in [6.07, 6.45) is 0.724. The number of fused-ring (bicyclic) bond motifs is 1. The van der Waals surface area contributed by atoms with Crippen molar-refractivity contribution < 1.29 is 13.2 Å². The Morgan fingerprint density at radius 3 is 2.86 bits per heavy atom. The summed E-state index contributed by atoms with van der Waals surface area (Å²) in [7, 11) is -1.93. The van der Waals surface area contributed by atoms with Gasteiger partial charge in [-0.05, 0) is 36.8 Å². The zero-order chi connectivity index (χ0) is 15.0. The first-order chi connectivity index (χ1) is 9.98. The van der Waals surface area contributed by atoms with Crippen LogP contribution >= 0.6 is 0 Å². The van der Waals surface area contributed by atoms with Crippen LogP contribution in [0, 0.1) is 0 Å². The molecule has 7 heteroatoms. The van der Waals surface area contributed by atoms with Crippen LogP contribution in [0.5, 0.6) is 0 Å². The quantitative estimate of drug-likeness (QED) is 0.921. The van der Waals surface area contributed by atoms with Crippen molar-refractivity contribution in [2.24, 2.45) is 0 Å². The summed E-state index contributed by atoms with van der Waals surface area (Å²) in [5, 5.41) is 0.751. The summed E-state index contributed by atoms with van der Waals surface area (Å²) >= 11 is 0. The number of sulfonamides is 1. The standard InChI is InChI=1S/C14H17N3O3S/c1-17(11-6-7-20-9-11)21(18,19)12-3-4-13-10(8-12)2-5-14(15)16-13/h2-5,8,11H,6-7,9H2,1H3,(H2,15,16). The maximum absolute atomic E-state index is 12.7. The van der Waals surface area contributed by atoms with Gasteiger partial charge < -0.3 is 10.5 Å². The number of nitrogen functional groups attached to an aromatic ring is 1. The highest BCUT2D eigenvalue weighted by Crippen LogP contribution is 2.24. The normalized spacial score (nSPS) is 19.4. The lowest BCUT2D eigenvalue weighted by Gasteiger charge is -2.22. The Morgan fingerprint density at radius 1 is 1.33 bits per heavy atom. The molecule has 1 unspecified atom stereocenters. The fourth-order valence-electron chi connectivity index (χ4n) is 2.45. The van der Waals surface area contributed by atoms with E-state index in [1.165, 1.54) is 4.31 Å². The molecule has 1 fully saturated rings. The van der Waals surface area contributed by atoms with E-state index in [1.807, 2.05) is 0 Å². The molecule has 1 aromatic carbocycles. The third-order valence-electron chi connectivity index (χ3n) is 3.78. The van der Waals surface area contributed by atoms with E-state index in [4.69, 9.17) is 10.5 Å². The Labute approximate surface area is 123 Å². The Balaban J connectivity index is 2.00. The van der Waals surface area contributed by atoms with Gasteiger partial charge in [-0.3, -0.25) is 0 Å². The zero-order valence-electron chi connectivity index (χ0n) is 11.7. The Morgan fingerprint density at radius 2 is 2.14 bits per heavy atom. The lowest BCUT2D eigenvalue weighted by atomic mass is 10.2. The van der Waals surface area contributed by atoms with Crippen LogP contribution in [-0.4, -0.2) is 44.0 Å². The van der Waals surface area contributed by atoms with Crippen molar-refractivity contribution >= 4 is 26.7 Å². The topological polar surface area (TPSA) is 85.5 Å². The predicted molar refractivity (Wildman–Crippen MR) is 80.3 cm³/mol. The van der Waals surface area contributed by atoms with Gasteiger partial charge in [-0.1, -0.05) is 0 Å². The summed E-state index contributed by atoms with van der Waals surface area (Å²) in [5.41, 5.74) is 6.31. The molecule has 0 spiro atoms. The highest BCUT2D eigenvalue weighted by molar-refractivity contribution is 7.89. The van der Waals surface area contributed by atoms with E-state index in [0.29, 0.717) is 24.5 Å². The van der Waals surface area contributed by atoms with Crippen LogP contribution in [0.25, 0.3) is 10.9 Å². The molecule has 1 atom stereocenters. The zero-order valence-corrected chi connectivity index (χ0v) is 12.5. The molecule has 1 aliphatic heterocycles. The molecular formula is C14H17N3O3S. The van der Waals surface area contributed by atoms with E-state index >= 15 is 0 Å². The van der Waals surface area contributed by atoms with Crippen LogP contribution in [0.4, 0.5) is 5.82 Å². The molecule has 0 amide bonds. The third kappa shape index (κ3) is 2.59. The largest absolute Gasteiger partial charge is 0.384 e. The predicted octanol–water partition coefficient (Wildman–Crippen LogP) is 1.23. The molecule has 21 heavy (non-hydrogen) atoms. The second-order valence-corrected chi connectivity index (χ2v) is 7.13. The van der Waals surface area contributed by atoms with E-state index in [9.17, 15) is 8.42 Å². The number of anilines is 1. The van der Waals surface area contributed by atoms with E-state index in [-0.39, 0.29) is 10.9 Å². The number of hydrogen-bond donors (Lipinski definition) is 1. The fourth-order valence-corrected chi connectivity index (χ4v) is 3.86. The molecular weight excluding hydrogens is 290 g/mol. The average Bonchev–Trinajstić information content (AvgIpc) is 2.99. The molecule has 0 aliphatic carbocycles. The number of ether oxygens (including phenoxy) is 1. The van der Waals surface area contributed by atoms with Crippen molar-refractivity contribution in [1.82, 2.24) is 9.29 Å². The molecule has 0 radical (unpaired) electrons. The minimum Gasteiger partial charge on any atom is -0.384 e. The second-order valence-electron chi connectivity index (χ2n) is 5.13. The van der Waals surface area contributed by atoms with Gasteiger partial charge in [-0.2, -0.15) is 4.31 Å². The lowest BCUT2D eigenvalue weighted by molar-refractivity contribution is 0.181. The summed E-state index contributed by atoms with van der Waals surface area (Å²) in [4.78, 5) is 4.43. The number of nitrogens with zero attached hydrogens (tertiary/aromatic N) is 2. The van der Waals surface area contributed by atoms with Crippen LogP contribution in [0.3, 0.4) is 0 Å².